The molecule has 0 aromatic carbocycles. The first kappa shape index (κ1) is 17.7. The zero-order valence-electron chi connectivity index (χ0n) is 15.0. The molecule has 0 spiro atoms. The first-order valence-electron chi connectivity index (χ1n) is 9.23. The molecule has 142 valence electrons. The average Bonchev–Trinajstić information content (AvgIpc) is 3.12. The lowest BCUT2D eigenvalue weighted by molar-refractivity contribution is 0.122. The summed E-state index contributed by atoms with van der Waals surface area (Å²) in [6, 6.07) is 4.04. The Labute approximate surface area is 153 Å². The van der Waals surface area contributed by atoms with Crippen LogP contribution in [-0.4, -0.2) is 72.5 Å². The molecular formula is C17H25N5O3S. The van der Waals surface area contributed by atoms with Gasteiger partial charge in [-0.15, -0.1) is 0 Å². The van der Waals surface area contributed by atoms with E-state index in [-0.39, 0.29) is 11.7 Å². The fourth-order valence-corrected chi connectivity index (χ4v) is 4.84. The van der Waals surface area contributed by atoms with Crippen LogP contribution in [0.1, 0.15) is 31.5 Å². The Balaban J connectivity index is 1.57. The zero-order valence-corrected chi connectivity index (χ0v) is 15.9. The Bertz CT molecular complexity index is 876. The maximum absolute atomic E-state index is 12.2. The van der Waals surface area contributed by atoms with Crippen molar-refractivity contribution >= 4 is 21.4 Å². The summed E-state index contributed by atoms with van der Waals surface area (Å²) in [4.78, 5) is 6.93. The first-order valence-corrected chi connectivity index (χ1v) is 10.8. The number of hydrogen-bond acceptors (Lipinski definition) is 6. The number of piperidine rings is 1. The van der Waals surface area contributed by atoms with Crippen LogP contribution >= 0.6 is 0 Å². The van der Waals surface area contributed by atoms with E-state index in [1.807, 2.05) is 16.8 Å². The number of pyridine rings is 1. The lowest BCUT2D eigenvalue weighted by atomic mass is 9.99. The monoisotopic (exact) mass is 379 g/mol. The molecule has 4 rings (SSSR count). The van der Waals surface area contributed by atoms with Gasteiger partial charge in [0.1, 0.15) is 0 Å². The van der Waals surface area contributed by atoms with Crippen LogP contribution < -0.4 is 4.90 Å². The van der Waals surface area contributed by atoms with Crippen molar-refractivity contribution in [3.05, 3.63) is 24.2 Å². The zero-order chi connectivity index (χ0) is 18.1. The van der Waals surface area contributed by atoms with E-state index in [0.717, 1.165) is 56.3 Å². The third kappa shape index (κ3) is 3.43. The summed E-state index contributed by atoms with van der Waals surface area (Å²) in [6.45, 7) is 5.99. The number of morpholine rings is 1. The van der Waals surface area contributed by atoms with Crippen LogP contribution in [-0.2, 0) is 14.8 Å². The molecular weight excluding hydrogens is 354 g/mol. The third-order valence-electron chi connectivity index (χ3n) is 5.22. The van der Waals surface area contributed by atoms with Gasteiger partial charge in [-0.3, -0.25) is 0 Å². The van der Waals surface area contributed by atoms with Gasteiger partial charge < -0.3 is 9.64 Å². The number of ether oxygens (including phenoxy) is 1. The quantitative estimate of drug-likeness (QED) is 0.791. The summed E-state index contributed by atoms with van der Waals surface area (Å²) in [6.07, 6.45) is 3.77. The van der Waals surface area contributed by atoms with Crippen LogP contribution in [0.3, 0.4) is 0 Å². The van der Waals surface area contributed by atoms with Crippen molar-refractivity contribution < 1.29 is 13.2 Å². The predicted octanol–water partition coefficient (Wildman–Crippen LogP) is 1.09. The van der Waals surface area contributed by atoms with Crippen molar-refractivity contribution in [2.24, 2.45) is 0 Å². The first-order chi connectivity index (χ1) is 12.6. The Morgan fingerprint density at radius 2 is 2.04 bits per heavy atom. The van der Waals surface area contributed by atoms with Crippen molar-refractivity contribution in [1.82, 2.24) is 18.9 Å². The molecule has 26 heavy (non-hydrogen) atoms. The van der Waals surface area contributed by atoms with Gasteiger partial charge in [-0.2, -0.15) is 5.10 Å². The predicted molar refractivity (Wildman–Crippen MR) is 99.0 cm³/mol. The molecule has 2 aliphatic heterocycles. The highest BCUT2D eigenvalue weighted by atomic mass is 32.2. The van der Waals surface area contributed by atoms with Gasteiger partial charge in [-0.25, -0.2) is 22.2 Å². The SMILES string of the molecule is CCS(=O)(=O)N1CCC[C@H](c2nc3ccc(N4CCOCC4)cn3n2)C1. The second kappa shape index (κ2) is 7.13. The molecule has 2 aromatic heterocycles. The highest BCUT2D eigenvalue weighted by Crippen LogP contribution is 2.27. The van der Waals surface area contributed by atoms with Crippen LogP contribution in [0.4, 0.5) is 5.69 Å². The van der Waals surface area contributed by atoms with E-state index in [1.165, 1.54) is 0 Å². The number of aromatic nitrogens is 3. The normalized spacial score (nSPS) is 22.8. The minimum absolute atomic E-state index is 0.0526. The molecule has 0 radical (unpaired) electrons. The summed E-state index contributed by atoms with van der Waals surface area (Å²) >= 11 is 0. The molecule has 2 saturated heterocycles. The van der Waals surface area contributed by atoms with E-state index in [1.54, 1.807) is 11.2 Å². The Hall–Kier alpha value is -1.71. The number of nitrogens with zero attached hydrogens (tertiary/aromatic N) is 5. The van der Waals surface area contributed by atoms with Crippen molar-refractivity contribution in [2.45, 2.75) is 25.7 Å². The van der Waals surface area contributed by atoms with Gasteiger partial charge in [-0.05, 0) is 31.9 Å². The molecule has 1 atom stereocenters. The third-order valence-corrected chi connectivity index (χ3v) is 7.06. The smallest absolute Gasteiger partial charge is 0.213 e. The fourth-order valence-electron chi connectivity index (χ4n) is 3.66. The number of hydrogen-bond donors (Lipinski definition) is 0. The van der Waals surface area contributed by atoms with Gasteiger partial charge in [0, 0.05) is 32.1 Å². The summed E-state index contributed by atoms with van der Waals surface area (Å²) in [7, 11) is -3.16. The standard InChI is InChI=1S/C17H25N5O3S/c1-2-26(23,24)21-7-3-4-14(12-21)17-18-16-6-5-15(13-22(16)19-17)20-8-10-25-11-9-20/h5-6,13-14H,2-4,7-12H2,1H3/t14-/m0/s1. The topological polar surface area (TPSA) is 80.0 Å². The molecule has 2 aliphatic rings. The molecule has 9 heteroatoms. The molecule has 0 bridgehead atoms. The Morgan fingerprint density at radius 3 is 2.81 bits per heavy atom. The number of anilines is 1. The Kier molecular flexibility index (Phi) is 4.85. The minimum atomic E-state index is -3.16. The molecule has 2 fully saturated rings. The fraction of sp³-hybridized carbons (Fsp3) is 0.647. The van der Waals surface area contributed by atoms with E-state index >= 15 is 0 Å². The molecule has 2 aromatic rings. The second-order valence-electron chi connectivity index (χ2n) is 6.86. The summed E-state index contributed by atoms with van der Waals surface area (Å²) in [5.74, 6) is 0.929. The molecule has 0 amide bonds. The summed E-state index contributed by atoms with van der Waals surface area (Å²) in [5.41, 5.74) is 1.91. The Morgan fingerprint density at radius 1 is 1.23 bits per heavy atom. The molecule has 0 aliphatic carbocycles. The van der Waals surface area contributed by atoms with E-state index < -0.39 is 10.0 Å². The van der Waals surface area contributed by atoms with E-state index in [0.29, 0.717) is 13.1 Å². The highest BCUT2D eigenvalue weighted by Gasteiger charge is 2.30. The highest BCUT2D eigenvalue weighted by molar-refractivity contribution is 7.89. The van der Waals surface area contributed by atoms with Crippen LogP contribution in [0, 0.1) is 0 Å². The van der Waals surface area contributed by atoms with E-state index in [4.69, 9.17) is 4.74 Å². The average molecular weight is 379 g/mol. The van der Waals surface area contributed by atoms with Gasteiger partial charge >= 0.3 is 0 Å². The van der Waals surface area contributed by atoms with Gasteiger partial charge in [-0.1, -0.05) is 0 Å². The van der Waals surface area contributed by atoms with Crippen LogP contribution in [0.15, 0.2) is 18.3 Å². The molecule has 0 N–H and O–H groups in total. The van der Waals surface area contributed by atoms with Crippen LogP contribution in [0.2, 0.25) is 0 Å². The van der Waals surface area contributed by atoms with Crippen molar-refractivity contribution in [3.8, 4) is 0 Å². The maximum atomic E-state index is 12.2. The number of fused-ring (bicyclic) bond motifs is 1. The molecule has 4 heterocycles. The van der Waals surface area contributed by atoms with Crippen molar-refractivity contribution in [3.63, 3.8) is 0 Å². The second-order valence-corrected chi connectivity index (χ2v) is 9.11. The number of rotatable bonds is 4. The van der Waals surface area contributed by atoms with Crippen LogP contribution in [0.25, 0.3) is 5.65 Å². The lowest BCUT2D eigenvalue weighted by Gasteiger charge is -2.30. The van der Waals surface area contributed by atoms with Crippen molar-refractivity contribution in [2.75, 3.05) is 50.0 Å². The van der Waals surface area contributed by atoms with E-state index in [9.17, 15) is 8.42 Å². The van der Waals surface area contributed by atoms with Crippen LogP contribution in [0.5, 0.6) is 0 Å². The summed E-state index contributed by atoms with van der Waals surface area (Å²) < 4.78 is 33.2. The largest absolute Gasteiger partial charge is 0.378 e. The molecule has 0 saturated carbocycles. The molecule has 8 nitrogen and oxygen atoms in total. The number of sulfonamides is 1. The summed E-state index contributed by atoms with van der Waals surface area (Å²) in [5, 5.41) is 4.66. The molecule has 0 unspecified atom stereocenters. The van der Waals surface area contributed by atoms with Gasteiger partial charge in [0.15, 0.2) is 11.5 Å². The van der Waals surface area contributed by atoms with Gasteiger partial charge in [0.2, 0.25) is 10.0 Å². The van der Waals surface area contributed by atoms with Gasteiger partial charge in [0.25, 0.3) is 0 Å². The van der Waals surface area contributed by atoms with Gasteiger partial charge in [0.05, 0.1) is 30.9 Å². The lowest BCUT2D eigenvalue weighted by Crippen LogP contribution is -2.40. The van der Waals surface area contributed by atoms with Crippen molar-refractivity contribution in [1.29, 1.82) is 0 Å². The minimum Gasteiger partial charge on any atom is -0.378 e. The maximum Gasteiger partial charge on any atom is 0.213 e. The van der Waals surface area contributed by atoms with E-state index in [2.05, 4.69) is 21.0 Å².